The molecule has 1 aliphatic heterocycles. The van der Waals surface area contributed by atoms with Crippen molar-refractivity contribution in [2.24, 2.45) is 0 Å². The summed E-state index contributed by atoms with van der Waals surface area (Å²) in [5, 5.41) is 0. The van der Waals surface area contributed by atoms with E-state index in [0.717, 1.165) is 12.6 Å². The van der Waals surface area contributed by atoms with Crippen LogP contribution in [0.2, 0.25) is 6.04 Å². The molecule has 0 amide bonds. The molecule has 0 aromatic rings. The highest BCUT2D eigenvalue weighted by Gasteiger charge is 2.49. The molecule has 1 heterocycles. The van der Waals surface area contributed by atoms with Gasteiger partial charge < -0.3 is 8.85 Å². The van der Waals surface area contributed by atoms with E-state index in [4.69, 9.17) is 8.85 Å². The third kappa shape index (κ3) is 2.19. The van der Waals surface area contributed by atoms with Crippen LogP contribution in [0.4, 0.5) is 0 Å². The maximum atomic E-state index is 5.71. The summed E-state index contributed by atoms with van der Waals surface area (Å²) >= 11 is 0. The first-order valence-corrected chi connectivity index (χ1v) is 7.31. The number of nitrogens with zero attached hydrogens (tertiary/aromatic N) is 1. The van der Waals surface area contributed by atoms with E-state index >= 15 is 0 Å². The van der Waals surface area contributed by atoms with Crippen LogP contribution < -0.4 is 0 Å². The summed E-state index contributed by atoms with van der Waals surface area (Å²) in [6.07, 6.45) is 2.50. The van der Waals surface area contributed by atoms with Gasteiger partial charge in [-0.2, -0.15) is 0 Å². The molecule has 4 heteroatoms. The van der Waals surface area contributed by atoms with E-state index in [2.05, 4.69) is 25.3 Å². The van der Waals surface area contributed by atoms with Crippen molar-refractivity contribution in [3.8, 4) is 0 Å². The van der Waals surface area contributed by atoms with Crippen molar-refractivity contribution in [1.82, 2.24) is 4.57 Å². The number of hydrogen-bond donors (Lipinski definition) is 0. The molecule has 0 aromatic carbocycles. The van der Waals surface area contributed by atoms with Crippen LogP contribution in [-0.4, -0.2) is 39.6 Å². The Labute approximate surface area is 88.7 Å². The highest BCUT2D eigenvalue weighted by molar-refractivity contribution is 6.64. The van der Waals surface area contributed by atoms with Gasteiger partial charge in [-0.15, -0.1) is 0 Å². The largest absolute Gasteiger partial charge is 0.427 e. The lowest BCUT2D eigenvalue weighted by atomic mass is 10.1. The summed E-state index contributed by atoms with van der Waals surface area (Å²) < 4.78 is 13.9. The van der Waals surface area contributed by atoms with E-state index in [-0.39, 0.29) is 5.54 Å². The molecule has 0 atom stereocenters. The van der Waals surface area contributed by atoms with E-state index in [9.17, 15) is 0 Å². The Kier molecular flexibility index (Phi) is 3.74. The average molecular weight is 217 g/mol. The minimum atomic E-state index is -2.06. The van der Waals surface area contributed by atoms with Gasteiger partial charge in [0.25, 0.3) is 0 Å². The molecule has 0 N–H and O–H groups in total. The van der Waals surface area contributed by atoms with Crippen LogP contribution >= 0.6 is 0 Å². The lowest BCUT2D eigenvalue weighted by molar-refractivity contribution is 0.0933. The number of rotatable bonds is 2. The maximum absolute atomic E-state index is 5.71. The fraction of sp³-hybridized carbons (Fsp3) is 1.00. The van der Waals surface area contributed by atoms with Gasteiger partial charge in [-0.3, -0.25) is 4.57 Å². The Bertz CT molecular complexity index is 187. The molecule has 1 rings (SSSR count). The van der Waals surface area contributed by atoms with Gasteiger partial charge >= 0.3 is 8.72 Å². The molecular formula is C10H23NO2Si. The van der Waals surface area contributed by atoms with Crippen LogP contribution in [0, 0.1) is 0 Å². The molecule has 1 saturated heterocycles. The third-order valence-corrected chi connectivity index (χ3v) is 6.96. The summed E-state index contributed by atoms with van der Waals surface area (Å²) in [5.74, 6) is 0. The highest BCUT2D eigenvalue weighted by Crippen LogP contribution is 2.32. The molecule has 14 heavy (non-hydrogen) atoms. The highest BCUT2D eigenvalue weighted by atomic mass is 28.4. The first-order valence-electron chi connectivity index (χ1n) is 5.34. The normalized spacial score (nSPS) is 23.8. The Balaban J connectivity index is 2.87. The second-order valence-corrected chi connectivity index (χ2v) is 8.18. The molecule has 3 nitrogen and oxygen atoms in total. The van der Waals surface area contributed by atoms with Crippen molar-refractivity contribution in [2.45, 2.75) is 45.2 Å². The monoisotopic (exact) mass is 217 g/mol. The molecule has 1 aliphatic rings. The van der Waals surface area contributed by atoms with Gasteiger partial charge in [0.2, 0.25) is 0 Å². The first kappa shape index (κ1) is 12.2. The smallest absolute Gasteiger partial charge is 0.386 e. The molecule has 0 aromatic heterocycles. The molecular weight excluding hydrogens is 194 g/mol. The molecule has 0 spiro atoms. The SMILES string of the molecule is CO[Si]1(OC)CCCCN1C(C)(C)C. The Hall–Kier alpha value is 0.0969. The van der Waals surface area contributed by atoms with Crippen LogP contribution in [0.15, 0.2) is 0 Å². The summed E-state index contributed by atoms with van der Waals surface area (Å²) in [6, 6.07) is 1.09. The Morgan fingerprint density at radius 3 is 2.00 bits per heavy atom. The van der Waals surface area contributed by atoms with E-state index in [0.29, 0.717) is 0 Å². The average Bonchev–Trinajstić information content (AvgIpc) is 2.16. The van der Waals surface area contributed by atoms with Gasteiger partial charge in [0.05, 0.1) is 0 Å². The summed E-state index contributed by atoms with van der Waals surface area (Å²) in [7, 11) is 1.52. The molecule has 1 fully saturated rings. The van der Waals surface area contributed by atoms with Crippen molar-refractivity contribution < 1.29 is 8.85 Å². The van der Waals surface area contributed by atoms with E-state index in [1.54, 1.807) is 14.2 Å². The zero-order valence-corrected chi connectivity index (χ0v) is 11.1. The summed E-state index contributed by atoms with van der Waals surface area (Å²) in [5.41, 5.74) is 0.151. The molecule has 0 unspecified atom stereocenters. The van der Waals surface area contributed by atoms with Crippen LogP contribution in [0.1, 0.15) is 33.6 Å². The van der Waals surface area contributed by atoms with Crippen LogP contribution in [0.3, 0.4) is 0 Å². The zero-order valence-electron chi connectivity index (χ0n) is 10.1. The summed E-state index contributed by atoms with van der Waals surface area (Å²) in [6.45, 7) is 7.81. The quantitative estimate of drug-likeness (QED) is 0.661. The molecule has 0 saturated carbocycles. The van der Waals surface area contributed by atoms with Crippen molar-refractivity contribution >= 4 is 8.72 Å². The van der Waals surface area contributed by atoms with Gasteiger partial charge in [-0.25, -0.2) is 0 Å². The van der Waals surface area contributed by atoms with E-state index < -0.39 is 8.72 Å². The zero-order chi connectivity index (χ0) is 10.8. The molecule has 0 radical (unpaired) electrons. The van der Waals surface area contributed by atoms with Crippen molar-refractivity contribution in [3.63, 3.8) is 0 Å². The van der Waals surface area contributed by atoms with Crippen molar-refractivity contribution in [1.29, 1.82) is 0 Å². The second-order valence-electron chi connectivity index (χ2n) is 4.90. The molecule has 0 bridgehead atoms. The van der Waals surface area contributed by atoms with Gasteiger partial charge in [0, 0.05) is 25.8 Å². The molecule has 0 aliphatic carbocycles. The molecule has 84 valence electrons. The minimum absolute atomic E-state index is 0.151. The topological polar surface area (TPSA) is 21.7 Å². The minimum Gasteiger partial charge on any atom is -0.386 e. The van der Waals surface area contributed by atoms with Crippen LogP contribution in [0.5, 0.6) is 0 Å². The second kappa shape index (κ2) is 4.31. The predicted octanol–water partition coefficient (Wildman–Crippen LogP) is 2.11. The van der Waals surface area contributed by atoms with Gasteiger partial charge in [-0.05, 0) is 40.2 Å². The third-order valence-electron chi connectivity index (χ3n) is 2.98. The number of hydrogen-bond acceptors (Lipinski definition) is 3. The van der Waals surface area contributed by atoms with Gasteiger partial charge in [0.1, 0.15) is 0 Å². The Morgan fingerprint density at radius 2 is 1.64 bits per heavy atom. The standard InChI is InChI=1S/C10H23NO2Si/c1-10(2,3)11-8-6-7-9-14(11,12-4)13-5/h6-9H2,1-5H3. The van der Waals surface area contributed by atoms with Crippen LogP contribution in [-0.2, 0) is 8.85 Å². The van der Waals surface area contributed by atoms with E-state index in [1.807, 2.05) is 0 Å². The fourth-order valence-corrected chi connectivity index (χ4v) is 5.78. The summed E-state index contributed by atoms with van der Waals surface area (Å²) in [4.78, 5) is 0. The lowest BCUT2D eigenvalue weighted by Gasteiger charge is -2.48. The lowest BCUT2D eigenvalue weighted by Crippen LogP contribution is -2.65. The first-order chi connectivity index (χ1) is 6.46. The van der Waals surface area contributed by atoms with Crippen molar-refractivity contribution in [3.05, 3.63) is 0 Å². The predicted molar refractivity (Wildman–Crippen MR) is 60.3 cm³/mol. The van der Waals surface area contributed by atoms with Crippen LogP contribution in [0.25, 0.3) is 0 Å². The fourth-order valence-electron chi connectivity index (χ4n) is 2.28. The van der Waals surface area contributed by atoms with Gasteiger partial charge in [-0.1, -0.05) is 0 Å². The van der Waals surface area contributed by atoms with E-state index in [1.165, 1.54) is 12.8 Å². The maximum Gasteiger partial charge on any atom is 0.427 e. The van der Waals surface area contributed by atoms with Crippen molar-refractivity contribution in [2.75, 3.05) is 20.8 Å². The Morgan fingerprint density at radius 1 is 1.07 bits per heavy atom. The van der Waals surface area contributed by atoms with Gasteiger partial charge in [0.15, 0.2) is 0 Å².